The van der Waals surface area contributed by atoms with Crippen molar-refractivity contribution < 1.29 is 23.5 Å². The summed E-state index contributed by atoms with van der Waals surface area (Å²) in [5.74, 6) is -0.00608. The summed E-state index contributed by atoms with van der Waals surface area (Å²) in [5, 5.41) is 3.53. The van der Waals surface area contributed by atoms with Gasteiger partial charge < -0.3 is 19.2 Å². The van der Waals surface area contributed by atoms with Crippen molar-refractivity contribution in [1.82, 2.24) is 5.32 Å². The molecule has 0 saturated carbocycles. The van der Waals surface area contributed by atoms with Crippen LogP contribution in [-0.2, 0) is 16.1 Å². The molecule has 0 aliphatic rings. The van der Waals surface area contributed by atoms with Crippen molar-refractivity contribution >= 4 is 22.8 Å². The maximum absolute atomic E-state index is 12.7. The molecule has 6 heteroatoms. The molecule has 1 N–H and O–H groups in total. The highest BCUT2D eigenvalue weighted by Gasteiger charge is 2.26. The number of furan rings is 1. The molecule has 3 aromatic rings. The van der Waals surface area contributed by atoms with Crippen LogP contribution in [0.2, 0.25) is 0 Å². The number of nitrogens with one attached hydrogen (secondary N) is 1. The standard InChI is InChI=1S/C23H25NO5/c1-15(2)13-24-22(25)16(3)28-23(26)21-19(14-27-17-9-5-4-6-10-17)18-11-7-8-12-20(18)29-21/h4-12,15-16H,13-14H2,1-3H3,(H,24,25)/t16-/m0/s1. The lowest BCUT2D eigenvalue weighted by molar-refractivity contribution is -0.129. The molecule has 2 aromatic carbocycles. The summed E-state index contributed by atoms with van der Waals surface area (Å²) >= 11 is 0. The summed E-state index contributed by atoms with van der Waals surface area (Å²) in [6.45, 7) is 6.17. The Bertz CT molecular complexity index is 977. The van der Waals surface area contributed by atoms with E-state index in [2.05, 4.69) is 5.32 Å². The lowest BCUT2D eigenvalue weighted by Gasteiger charge is -2.14. The molecule has 0 unspecified atom stereocenters. The summed E-state index contributed by atoms with van der Waals surface area (Å²) in [7, 11) is 0. The number of para-hydroxylation sites is 2. The molecule has 1 amide bonds. The highest BCUT2D eigenvalue weighted by Crippen LogP contribution is 2.28. The van der Waals surface area contributed by atoms with Gasteiger partial charge in [0.1, 0.15) is 17.9 Å². The van der Waals surface area contributed by atoms with Crippen molar-refractivity contribution in [3.05, 3.63) is 65.9 Å². The van der Waals surface area contributed by atoms with Gasteiger partial charge in [-0.1, -0.05) is 50.2 Å². The van der Waals surface area contributed by atoms with Crippen LogP contribution >= 0.6 is 0 Å². The zero-order chi connectivity index (χ0) is 20.8. The van der Waals surface area contributed by atoms with Crippen molar-refractivity contribution in [2.75, 3.05) is 6.54 Å². The molecule has 0 bridgehead atoms. The zero-order valence-corrected chi connectivity index (χ0v) is 16.8. The molecule has 152 valence electrons. The average Bonchev–Trinajstić information content (AvgIpc) is 3.10. The van der Waals surface area contributed by atoms with Gasteiger partial charge in [0.25, 0.3) is 5.91 Å². The number of rotatable bonds is 8. The van der Waals surface area contributed by atoms with Gasteiger partial charge in [0, 0.05) is 11.9 Å². The topological polar surface area (TPSA) is 77.8 Å². The first-order valence-corrected chi connectivity index (χ1v) is 9.62. The van der Waals surface area contributed by atoms with Gasteiger partial charge in [-0.2, -0.15) is 0 Å². The SMILES string of the molecule is CC(C)CNC(=O)[C@H](C)OC(=O)c1oc2ccccc2c1COc1ccccc1. The number of esters is 1. The second-order valence-corrected chi connectivity index (χ2v) is 7.19. The van der Waals surface area contributed by atoms with Crippen LogP contribution < -0.4 is 10.1 Å². The summed E-state index contributed by atoms with van der Waals surface area (Å²) < 4.78 is 16.9. The normalized spacial score (nSPS) is 12.0. The number of carbonyl (C=O) groups excluding carboxylic acids is 2. The van der Waals surface area contributed by atoms with Gasteiger partial charge in [0.2, 0.25) is 5.76 Å². The van der Waals surface area contributed by atoms with Crippen LogP contribution in [0.1, 0.15) is 36.9 Å². The first-order valence-electron chi connectivity index (χ1n) is 9.62. The Labute approximate surface area is 169 Å². The van der Waals surface area contributed by atoms with E-state index in [9.17, 15) is 9.59 Å². The Hall–Kier alpha value is -3.28. The average molecular weight is 395 g/mol. The number of benzene rings is 2. The lowest BCUT2D eigenvalue weighted by Crippen LogP contribution is -2.37. The second-order valence-electron chi connectivity index (χ2n) is 7.19. The van der Waals surface area contributed by atoms with E-state index in [1.54, 1.807) is 6.07 Å². The molecule has 0 aliphatic carbocycles. The van der Waals surface area contributed by atoms with Crippen LogP contribution in [0.25, 0.3) is 11.0 Å². The van der Waals surface area contributed by atoms with Crippen molar-refractivity contribution in [2.24, 2.45) is 5.92 Å². The van der Waals surface area contributed by atoms with Gasteiger partial charge in [0.15, 0.2) is 6.10 Å². The molecular formula is C23H25NO5. The summed E-state index contributed by atoms with van der Waals surface area (Å²) in [6, 6.07) is 16.6. The molecule has 0 saturated heterocycles. The zero-order valence-electron chi connectivity index (χ0n) is 16.8. The van der Waals surface area contributed by atoms with E-state index in [1.807, 2.05) is 62.4 Å². The van der Waals surface area contributed by atoms with E-state index in [4.69, 9.17) is 13.9 Å². The first kappa shape index (κ1) is 20.5. The second kappa shape index (κ2) is 9.28. The van der Waals surface area contributed by atoms with Crippen LogP contribution in [0.4, 0.5) is 0 Å². The van der Waals surface area contributed by atoms with E-state index < -0.39 is 12.1 Å². The van der Waals surface area contributed by atoms with Gasteiger partial charge in [-0.3, -0.25) is 4.79 Å². The molecule has 6 nitrogen and oxygen atoms in total. The third-order valence-electron chi connectivity index (χ3n) is 4.35. The minimum atomic E-state index is -0.933. The Morgan fingerprint density at radius 3 is 2.41 bits per heavy atom. The minimum Gasteiger partial charge on any atom is -0.489 e. The van der Waals surface area contributed by atoms with E-state index in [0.29, 0.717) is 29.4 Å². The maximum Gasteiger partial charge on any atom is 0.375 e. The quantitative estimate of drug-likeness (QED) is 0.575. The van der Waals surface area contributed by atoms with Crippen LogP contribution in [0.5, 0.6) is 5.75 Å². The Kier molecular flexibility index (Phi) is 6.54. The molecule has 0 radical (unpaired) electrons. The van der Waals surface area contributed by atoms with Crippen LogP contribution in [0.3, 0.4) is 0 Å². The highest BCUT2D eigenvalue weighted by atomic mass is 16.6. The number of carbonyl (C=O) groups is 2. The van der Waals surface area contributed by atoms with Crippen LogP contribution in [0.15, 0.2) is 59.0 Å². The number of ether oxygens (including phenoxy) is 2. The molecule has 0 aliphatic heterocycles. The molecule has 0 fully saturated rings. The van der Waals surface area contributed by atoms with Crippen LogP contribution in [0, 0.1) is 5.92 Å². The van der Waals surface area contributed by atoms with Gasteiger partial charge >= 0.3 is 5.97 Å². The number of fused-ring (bicyclic) bond motifs is 1. The molecular weight excluding hydrogens is 370 g/mol. The molecule has 3 rings (SSSR count). The third-order valence-corrected chi connectivity index (χ3v) is 4.35. The smallest absolute Gasteiger partial charge is 0.375 e. The number of amides is 1. The van der Waals surface area contributed by atoms with Crippen molar-refractivity contribution in [1.29, 1.82) is 0 Å². The molecule has 1 heterocycles. The van der Waals surface area contributed by atoms with Crippen molar-refractivity contribution in [3.63, 3.8) is 0 Å². The van der Waals surface area contributed by atoms with Gasteiger partial charge in [0.05, 0.1) is 5.56 Å². The monoisotopic (exact) mass is 395 g/mol. The predicted molar refractivity (Wildman–Crippen MR) is 110 cm³/mol. The molecule has 29 heavy (non-hydrogen) atoms. The van der Waals surface area contributed by atoms with E-state index in [-0.39, 0.29) is 18.3 Å². The van der Waals surface area contributed by atoms with E-state index >= 15 is 0 Å². The summed E-state index contributed by atoms with van der Waals surface area (Å²) in [4.78, 5) is 24.9. The Balaban J connectivity index is 1.78. The molecule has 1 atom stereocenters. The van der Waals surface area contributed by atoms with Crippen molar-refractivity contribution in [3.8, 4) is 5.75 Å². The van der Waals surface area contributed by atoms with E-state index in [0.717, 1.165) is 5.39 Å². The lowest BCUT2D eigenvalue weighted by atomic mass is 10.1. The van der Waals surface area contributed by atoms with Gasteiger partial charge in [-0.15, -0.1) is 0 Å². The summed E-state index contributed by atoms with van der Waals surface area (Å²) in [6.07, 6.45) is -0.933. The van der Waals surface area contributed by atoms with Crippen LogP contribution in [-0.4, -0.2) is 24.5 Å². The number of hydrogen-bond donors (Lipinski definition) is 1. The third kappa shape index (κ3) is 5.16. The largest absolute Gasteiger partial charge is 0.489 e. The molecule has 1 aromatic heterocycles. The van der Waals surface area contributed by atoms with Crippen molar-refractivity contribution in [2.45, 2.75) is 33.5 Å². The first-order chi connectivity index (χ1) is 14.0. The summed E-state index contributed by atoms with van der Waals surface area (Å²) in [5.41, 5.74) is 1.15. The number of hydrogen-bond acceptors (Lipinski definition) is 5. The van der Waals surface area contributed by atoms with Gasteiger partial charge in [-0.05, 0) is 31.0 Å². The van der Waals surface area contributed by atoms with Gasteiger partial charge in [-0.25, -0.2) is 4.79 Å². The highest BCUT2D eigenvalue weighted by molar-refractivity contribution is 5.97. The van der Waals surface area contributed by atoms with E-state index in [1.165, 1.54) is 6.92 Å². The molecule has 0 spiro atoms. The fourth-order valence-electron chi connectivity index (χ4n) is 2.80. The maximum atomic E-state index is 12.7. The predicted octanol–water partition coefficient (Wildman–Crippen LogP) is 4.33. The minimum absolute atomic E-state index is 0.0469. The fraction of sp³-hybridized carbons (Fsp3) is 0.304. The Morgan fingerprint density at radius 1 is 1.00 bits per heavy atom. The fourth-order valence-corrected chi connectivity index (χ4v) is 2.80. The Morgan fingerprint density at radius 2 is 1.69 bits per heavy atom.